The molecule has 0 bridgehead atoms. The van der Waals surface area contributed by atoms with E-state index in [0.29, 0.717) is 0 Å². The molecule has 1 heterocycles. The molecule has 5 nitrogen and oxygen atoms in total. The van der Waals surface area contributed by atoms with Crippen molar-refractivity contribution >= 4 is 10.1 Å². The highest BCUT2D eigenvalue weighted by Crippen LogP contribution is 2.08. The third-order valence-electron chi connectivity index (χ3n) is 2.01. The molecule has 6 heteroatoms. The fraction of sp³-hybridized carbons (Fsp3) is 0.0833. The van der Waals surface area contributed by atoms with Crippen LogP contribution in [0.1, 0.15) is 5.56 Å². The van der Waals surface area contributed by atoms with E-state index in [1.165, 1.54) is 12.1 Å². The zero-order valence-corrected chi connectivity index (χ0v) is 10.5. The molecular formula is C12H13NO4S. The van der Waals surface area contributed by atoms with Crippen molar-refractivity contribution < 1.29 is 22.9 Å². The average molecular weight is 267 g/mol. The van der Waals surface area contributed by atoms with Crippen LogP contribution in [0.2, 0.25) is 0 Å². The predicted molar refractivity (Wildman–Crippen MR) is 63.0 cm³/mol. The summed E-state index contributed by atoms with van der Waals surface area (Å²) in [5.41, 5.74) is 0.928. The number of pyridine rings is 1. The highest BCUT2D eigenvalue weighted by atomic mass is 32.2. The zero-order valence-electron chi connectivity index (χ0n) is 9.72. The molecule has 0 radical (unpaired) electrons. The number of benzene rings is 1. The molecule has 0 unspecified atom stereocenters. The van der Waals surface area contributed by atoms with Gasteiger partial charge >= 0.3 is 0 Å². The van der Waals surface area contributed by atoms with Gasteiger partial charge in [-0.05, 0) is 19.1 Å². The molecule has 0 saturated carbocycles. The van der Waals surface area contributed by atoms with E-state index in [-0.39, 0.29) is 4.90 Å². The molecule has 96 valence electrons. The highest BCUT2D eigenvalue weighted by molar-refractivity contribution is 7.85. The molecule has 1 aromatic heterocycles. The van der Waals surface area contributed by atoms with E-state index in [4.69, 9.17) is 5.21 Å². The van der Waals surface area contributed by atoms with Crippen molar-refractivity contribution in [2.45, 2.75) is 11.8 Å². The van der Waals surface area contributed by atoms with E-state index in [9.17, 15) is 13.0 Å². The lowest BCUT2D eigenvalue weighted by Gasteiger charge is -2.05. The lowest BCUT2D eigenvalue weighted by atomic mass is 10.2. The van der Waals surface area contributed by atoms with E-state index in [2.05, 4.69) is 0 Å². The SMILES string of the molecule is Cc1ccc(S(=O)(=O)[O-])cc1.O[n+]1ccccc1. The molecule has 0 saturated heterocycles. The molecule has 0 aliphatic heterocycles. The second-order valence-electron chi connectivity index (χ2n) is 3.52. The fourth-order valence-corrected chi connectivity index (χ4v) is 1.56. The van der Waals surface area contributed by atoms with Crippen molar-refractivity contribution in [3.8, 4) is 0 Å². The molecule has 2 rings (SSSR count). The molecule has 0 aliphatic rings. The Hall–Kier alpha value is -1.92. The molecule has 0 amide bonds. The summed E-state index contributed by atoms with van der Waals surface area (Å²) in [6.07, 6.45) is 3.11. The maximum atomic E-state index is 10.4. The smallest absolute Gasteiger partial charge is 0.222 e. The number of hydrogen-bond acceptors (Lipinski definition) is 4. The Bertz CT molecular complexity index is 579. The van der Waals surface area contributed by atoms with Crippen molar-refractivity contribution in [3.05, 3.63) is 60.4 Å². The molecule has 0 aliphatic carbocycles. The van der Waals surface area contributed by atoms with Gasteiger partial charge in [-0.2, -0.15) is 0 Å². The van der Waals surface area contributed by atoms with Gasteiger partial charge in [-0.3, -0.25) is 5.21 Å². The third-order valence-corrected chi connectivity index (χ3v) is 2.86. The first-order valence-corrected chi connectivity index (χ1v) is 6.48. The van der Waals surface area contributed by atoms with Crippen molar-refractivity contribution in [3.63, 3.8) is 0 Å². The van der Waals surface area contributed by atoms with Crippen LogP contribution in [0.4, 0.5) is 0 Å². The minimum absolute atomic E-state index is 0.178. The maximum Gasteiger partial charge on any atom is 0.222 e. The van der Waals surface area contributed by atoms with Crippen molar-refractivity contribution in [2.75, 3.05) is 0 Å². The van der Waals surface area contributed by atoms with E-state index in [1.807, 2.05) is 13.0 Å². The summed E-state index contributed by atoms with van der Waals surface area (Å²) < 4.78 is 32.2. The molecule has 1 aromatic carbocycles. The van der Waals surface area contributed by atoms with Gasteiger partial charge < -0.3 is 4.55 Å². The largest absolute Gasteiger partial charge is 0.744 e. The fourth-order valence-electron chi connectivity index (χ4n) is 1.09. The van der Waals surface area contributed by atoms with Gasteiger partial charge in [0.1, 0.15) is 10.1 Å². The molecular weight excluding hydrogens is 254 g/mol. The Morgan fingerprint density at radius 1 is 1.06 bits per heavy atom. The van der Waals surface area contributed by atoms with Gasteiger partial charge in [0.15, 0.2) is 0 Å². The van der Waals surface area contributed by atoms with Crippen LogP contribution in [0.25, 0.3) is 0 Å². The van der Waals surface area contributed by atoms with Gasteiger partial charge in [-0.15, -0.1) is 0 Å². The zero-order chi connectivity index (χ0) is 13.6. The lowest BCUT2D eigenvalue weighted by Crippen LogP contribution is -2.27. The van der Waals surface area contributed by atoms with E-state index in [0.717, 1.165) is 10.3 Å². The monoisotopic (exact) mass is 267 g/mol. The Kier molecular flexibility index (Phi) is 4.82. The van der Waals surface area contributed by atoms with Crippen LogP contribution in [0.5, 0.6) is 0 Å². The van der Waals surface area contributed by atoms with Crippen molar-refractivity contribution in [1.29, 1.82) is 0 Å². The predicted octanol–water partition coefficient (Wildman–Crippen LogP) is 1.11. The van der Waals surface area contributed by atoms with E-state index < -0.39 is 10.1 Å². The number of rotatable bonds is 1. The molecule has 18 heavy (non-hydrogen) atoms. The summed E-state index contributed by atoms with van der Waals surface area (Å²) in [7, 11) is -4.27. The van der Waals surface area contributed by atoms with Crippen LogP contribution in [0, 0.1) is 6.92 Å². The van der Waals surface area contributed by atoms with Gasteiger partial charge in [0.25, 0.3) is 0 Å². The van der Waals surface area contributed by atoms with E-state index in [1.54, 1.807) is 36.7 Å². The van der Waals surface area contributed by atoms with Crippen LogP contribution in [-0.2, 0) is 10.1 Å². The summed E-state index contributed by atoms with van der Waals surface area (Å²) in [6.45, 7) is 1.82. The Labute approximate surface area is 106 Å². The number of aromatic nitrogens is 1. The average Bonchev–Trinajstić information content (AvgIpc) is 2.30. The Morgan fingerprint density at radius 2 is 1.56 bits per heavy atom. The van der Waals surface area contributed by atoms with Gasteiger partial charge in [-0.1, -0.05) is 23.8 Å². The van der Waals surface area contributed by atoms with Crippen LogP contribution >= 0.6 is 0 Å². The van der Waals surface area contributed by atoms with Crippen LogP contribution in [-0.4, -0.2) is 18.2 Å². The molecule has 0 spiro atoms. The minimum atomic E-state index is -4.27. The second-order valence-corrected chi connectivity index (χ2v) is 4.90. The van der Waals surface area contributed by atoms with Gasteiger partial charge in [0.2, 0.25) is 12.4 Å². The van der Waals surface area contributed by atoms with E-state index >= 15 is 0 Å². The Morgan fingerprint density at radius 3 is 1.89 bits per heavy atom. The maximum absolute atomic E-state index is 10.4. The summed E-state index contributed by atoms with van der Waals surface area (Å²) in [6, 6.07) is 11.1. The Balaban J connectivity index is 0.000000199. The van der Waals surface area contributed by atoms with Crippen molar-refractivity contribution in [1.82, 2.24) is 0 Å². The van der Waals surface area contributed by atoms with Gasteiger partial charge in [-0.25, -0.2) is 8.42 Å². The normalized spacial score (nSPS) is 10.3. The van der Waals surface area contributed by atoms with Crippen LogP contribution < -0.4 is 4.73 Å². The standard InChI is InChI=1S/C7H8O3S.C5H6NO/c1-6-2-4-7(5-3-6)11(8,9)10;7-6-4-2-1-3-5-6/h2-5H,1H3,(H,8,9,10);1-5,7H/q;+1/p-1. The summed E-state index contributed by atoms with van der Waals surface area (Å²) in [5, 5.41) is 8.55. The van der Waals surface area contributed by atoms with Gasteiger partial charge in [0, 0.05) is 16.9 Å². The number of aryl methyl sites for hydroxylation is 1. The van der Waals surface area contributed by atoms with Crippen LogP contribution in [0.15, 0.2) is 59.8 Å². The summed E-state index contributed by atoms with van der Waals surface area (Å²) in [5.74, 6) is 0. The molecule has 1 N–H and O–H groups in total. The molecule has 2 aromatic rings. The second kappa shape index (κ2) is 6.13. The summed E-state index contributed by atoms with van der Waals surface area (Å²) in [4.78, 5) is -0.178. The quantitative estimate of drug-likeness (QED) is 0.477. The van der Waals surface area contributed by atoms with Gasteiger partial charge in [0.05, 0.1) is 4.90 Å². The first-order valence-electron chi connectivity index (χ1n) is 5.08. The topological polar surface area (TPSA) is 81.3 Å². The minimum Gasteiger partial charge on any atom is -0.744 e. The number of hydrogen-bond donors (Lipinski definition) is 1. The van der Waals surface area contributed by atoms with Crippen LogP contribution in [0.3, 0.4) is 0 Å². The third kappa shape index (κ3) is 4.94. The first kappa shape index (κ1) is 14.1. The van der Waals surface area contributed by atoms with Crippen molar-refractivity contribution in [2.24, 2.45) is 0 Å². The highest BCUT2D eigenvalue weighted by Gasteiger charge is 1.97. The molecule has 0 fully saturated rings. The molecule has 0 atom stereocenters. The lowest BCUT2D eigenvalue weighted by molar-refractivity contribution is -0.904. The first-order chi connectivity index (χ1) is 8.39. The summed E-state index contributed by atoms with van der Waals surface area (Å²) >= 11 is 0. The number of nitrogens with zero attached hydrogens (tertiary/aromatic N) is 1.